The maximum atomic E-state index is 11.1. The zero-order valence-electron chi connectivity index (χ0n) is 11.7. The first-order valence-corrected chi connectivity index (χ1v) is 6.51. The summed E-state index contributed by atoms with van der Waals surface area (Å²) in [6.45, 7) is 1.53. The average Bonchev–Trinajstić information content (AvgIpc) is 2.49. The van der Waals surface area contributed by atoms with Crippen LogP contribution in [0.4, 0.5) is 0 Å². The molecule has 0 aliphatic rings. The van der Waals surface area contributed by atoms with Gasteiger partial charge in [-0.05, 0) is 11.1 Å². The summed E-state index contributed by atoms with van der Waals surface area (Å²) < 4.78 is 5.16. The number of benzene rings is 1. The average molecular weight is 287 g/mol. The molecule has 6 heteroatoms. The van der Waals surface area contributed by atoms with Crippen molar-refractivity contribution < 1.29 is 14.6 Å². The molecule has 0 atom stereocenters. The standard InChI is InChI=1S/C15H17N3O3/c1-21-9-12-5-3-2-4-11(12)6-16-8-14-13(15(19)20)7-17-10-18-14/h2-5,7,10,16H,6,8-9H2,1H3,(H,19,20). The first-order valence-electron chi connectivity index (χ1n) is 6.51. The maximum absolute atomic E-state index is 11.1. The van der Waals surface area contributed by atoms with Gasteiger partial charge in [0.05, 0.1) is 12.3 Å². The highest BCUT2D eigenvalue weighted by Gasteiger charge is 2.11. The largest absolute Gasteiger partial charge is 0.478 e. The minimum Gasteiger partial charge on any atom is -0.478 e. The number of ether oxygens (including phenoxy) is 1. The Morgan fingerprint density at radius 3 is 2.76 bits per heavy atom. The van der Waals surface area contributed by atoms with Crippen molar-refractivity contribution in [2.45, 2.75) is 19.7 Å². The normalized spacial score (nSPS) is 10.5. The molecular formula is C15H17N3O3. The number of aromatic nitrogens is 2. The molecule has 6 nitrogen and oxygen atoms in total. The van der Waals surface area contributed by atoms with Crippen LogP contribution in [0.25, 0.3) is 0 Å². The fourth-order valence-corrected chi connectivity index (χ4v) is 2.02. The van der Waals surface area contributed by atoms with Crippen LogP contribution in [0.5, 0.6) is 0 Å². The number of carbonyl (C=O) groups is 1. The zero-order chi connectivity index (χ0) is 15.1. The van der Waals surface area contributed by atoms with Crippen LogP contribution in [-0.4, -0.2) is 28.2 Å². The number of nitrogens with zero attached hydrogens (tertiary/aromatic N) is 2. The second kappa shape index (κ2) is 7.47. The van der Waals surface area contributed by atoms with Crippen LogP contribution in [0, 0.1) is 0 Å². The Labute approximate surface area is 122 Å². The van der Waals surface area contributed by atoms with Gasteiger partial charge in [0.25, 0.3) is 0 Å². The molecule has 0 bridgehead atoms. The summed E-state index contributed by atoms with van der Waals surface area (Å²) in [4.78, 5) is 18.8. The minimum atomic E-state index is -1.02. The van der Waals surface area contributed by atoms with E-state index in [2.05, 4.69) is 15.3 Å². The molecule has 0 saturated heterocycles. The highest BCUT2D eigenvalue weighted by Crippen LogP contribution is 2.10. The summed E-state index contributed by atoms with van der Waals surface area (Å²) >= 11 is 0. The predicted octanol–water partition coefficient (Wildman–Crippen LogP) is 1.61. The lowest BCUT2D eigenvalue weighted by atomic mass is 10.1. The smallest absolute Gasteiger partial charge is 0.339 e. The van der Waals surface area contributed by atoms with Crippen molar-refractivity contribution in [2.24, 2.45) is 0 Å². The Balaban J connectivity index is 2.01. The molecule has 21 heavy (non-hydrogen) atoms. The Kier molecular flexibility index (Phi) is 5.36. The van der Waals surface area contributed by atoms with Gasteiger partial charge in [0.15, 0.2) is 0 Å². The van der Waals surface area contributed by atoms with E-state index in [4.69, 9.17) is 9.84 Å². The fraction of sp³-hybridized carbons (Fsp3) is 0.267. The van der Waals surface area contributed by atoms with E-state index in [-0.39, 0.29) is 5.56 Å². The van der Waals surface area contributed by atoms with Crippen LogP contribution in [0.2, 0.25) is 0 Å². The third-order valence-electron chi connectivity index (χ3n) is 3.05. The highest BCUT2D eigenvalue weighted by atomic mass is 16.5. The summed E-state index contributed by atoms with van der Waals surface area (Å²) in [6, 6.07) is 7.95. The zero-order valence-corrected chi connectivity index (χ0v) is 11.7. The molecule has 1 aromatic carbocycles. The Morgan fingerprint density at radius 2 is 2.05 bits per heavy atom. The van der Waals surface area contributed by atoms with Crippen LogP contribution in [0.15, 0.2) is 36.8 Å². The van der Waals surface area contributed by atoms with Crippen molar-refractivity contribution in [3.05, 3.63) is 59.2 Å². The molecule has 0 unspecified atom stereocenters. The van der Waals surface area contributed by atoms with Gasteiger partial charge in [0.1, 0.15) is 11.9 Å². The van der Waals surface area contributed by atoms with Crippen LogP contribution in [0.3, 0.4) is 0 Å². The van der Waals surface area contributed by atoms with E-state index in [9.17, 15) is 4.79 Å². The lowest BCUT2D eigenvalue weighted by Gasteiger charge is -2.10. The van der Waals surface area contributed by atoms with Gasteiger partial charge >= 0.3 is 5.97 Å². The Morgan fingerprint density at radius 1 is 1.29 bits per heavy atom. The van der Waals surface area contributed by atoms with Crippen LogP contribution in [-0.2, 0) is 24.4 Å². The number of methoxy groups -OCH3 is 1. The summed E-state index contributed by atoms with van der Waals surface area (Å²) in [5, 5.41) is 12.3. The molecule has 2 rings (SSSR count). The van der Waals surface area contributed by atoms with E-state index in [0.29, 0.717) is 25.4 Å². The molecule has 0 aliphatic carbocycles. The third-order valence-corrected chi connectivity index (χ3v) is 3.05. The molecule has 0 amide bonds. The van der Waals surface area contributed by atoms with E-state index >= 15 is 0 Å². The number of carboxylic acid groups (broad SMARTS) is 1. The fourth-order valence-electron chi connectivity index (χ4n) is 2.02. The van der Waals surface area contributed by atoms with Crippen molar-refractivity contribution in [1.82, 2.24) is 15.3 Å². The quantitative estimate of drug-likeness (QED) is 0.805. The first kappa shape index (κ1) is 15.1. The van der Waals surface area contributed by atoms with Gasteiger partial charge in [-0.2, -0.15) is 0 Å². The molecule has 1 aromatic heterocycles. The Hall–Kier alpha value is -2.31. The van der Waals surface area contributed by atoms with Gasteiger partial charge in [-0.25, -0.2) is 14.8 Å². The van der Waals surface area contributed by atoms with E-state index in [0.717, 1.165) is 11.1 Å². The van der Waals surface area contributed by atoms with Gasteiger partial charge in [0, 0.05) is 26.4 Å². The van der Waals surface area contributed by atoms with Crippen molar-refractivity contribution in [3.63, 3.8) is 0 Å². The molecule has 0 fully saturated rings. The van der Waals surface area contributed by atoms with Crippen molar-refractivity contribution in [3.8, 4) is 0 Å². The second-order valence-electron chi connectivity index (χ2n) is 4.49. The van der Waals surface area contributed by atoms with Crippen molar-refractivity contribution in [1.29, 1.82) is 0 Å². The SMILES string of the molecule is COCc1ccccc1CNCc1ncncc1C(=O)O. The molecule has 0 spiro atoms. The van der Waals surface area contributed by atoms with Crippen LogP contribution in [0.1, 0.15) is 27.2 Å². The summed E-state index contributed by atoms with van der Waals surface area (Å²) in [7, 11) is 1.66. The van der Waals surface area contributed by atoms with Gasteiger partial charge < -0.3 is 15.2 Å². The monoisotopic (exact) mass is 287 g/mol. The van der Waals surface area contributed by atoms with Gasteiger partial charge in [-0.1, -0.05) is 24.3 Å². The molecule has 2 aromatic rings. The molecule has 0 aliphatic heterocycles. The summed E-state index contributed by atoms with van der Waals surface area (Å²) in [5.74, 6) is -1.02. The van der Waals surface area contributed by atoms with Crippen molar-refractivity contribution >= 4 is 5.97 Å². The number of carboxylic acids is 1. The number of nitrogens with one attached hydrogen (secondary N) is 1. The molecule has 110 valence electrons. The maximum Gasteiger partial charge on any atom is 0.339 e. The third kappa shape index (κ3) is 4.08. The van der Waals surface area contributed by atoms with Crippen LogP contribution < -0.4 is 5.32 Å². The molecule has 0 radical (unpaired) electrons. The molecule has 0 saturated carbocycles. The second-order valence-corrected chi connectivity index (χ2v) is 4.49. The van der Waals surface area contributed by atoms with Crippen LogP contribution >= 0.6 is 0 Å². The predicted molar refractivity (Wildman–Crippen MR) is 76.7 cm³/mol. The lowest BCUT2D eigenvalue weighted by Crippen LogP contribution is -2.18. The minimum absolute atomic E-state index is 0.121. The van der Waals surface area contributed by atoms with Crippen molar-refractivity contribution in [2.75, 3.05) is 7.11 Å². The number of rotatable bonds is 7. The van der Waals surface area contributed by atoms with E-state index in [1.165, 1.54) is 12.5 Å². The molecule has 2 N–H and O–H groups in total. The Bertz CT molecular complexity index is 617. The van der Waals surface area contributed by atoms with Gasteiger partial charge in [0.2, 0.25) is 0 Å². The number of aromatic carboxylic acids is 1. The van der Waals surface area contributed by atoms with E-state index in [1.54, 1.807) is 7.11 Å². The van der Waals surface area contributed by atoms with Gasteiger partial charge in [-0.15, -0.1) is 0 Å². The molecular weight excluding hydrogens is 270 g/mol. The first-order chi connectivity index (χ1) is 10.2. The van der Waals surface area contributed by atoms with Gasteiger partial charge in [-0.3, -0.25) is 0 Å². The van der Waals surface area contributed by atoms with E-state index in [1.807, 2.05) is 24.3 Å². The van der Waals surface area contributed by atoms with E-state index < -0.39 is 5.97 Å². The lowest BCUT2D eigenvalue weighted by molar-refractivity contribution is 0.0694. The number of hydrogen-bond donors (Lipinski definition) is 2. The summed E-state index contributed by atoms with van der Waals surface area (Å²) in [6.07, 6.45) is 2.66. The number of hydrogen-bond acceptors (Lipinski definition) is 5. The highest BCUT2D eigenvalue weighted by molar-refractivity contribution is 5.88. The summed E-state index contributed by atoms with van der Waals surface area (Å²) in [5.41, 5.74) is 2.82. The topological polar surface area (TPSA) is 84.3 Å². The molecule has 1 heterocycles.